The Bertz CT molecular complexity index is 638. The number of benzene rings is 1. The average Bonchev–Trinajstić information content (AvgIpc) is 2.74. The number of nitro groups is 1. The summed E-state index contributed by atoms with van der Waals surface area (Å²) < 4.78 is 22.5. The van der Waals surface area contributed by atoms with Gasteiger partial charge in [0.15, 0.2) is 0 Å². The van der Waals surface area contributed by atoms with Gasteiger partial charge in [-0.1, -0.05) is 0 Å². The van der Waals surface area contributed by atoms with Gasteiger partial charge < -0.3 is 10.6 Å². The summed E-state index contributed by atoms with van der Waals surface area (Å²) >= 11 is 0. The summed E-state index contributed by atoms with van der Waals surface area (Å²) in [5, 5.41) is 22.4. The maximum Gasteiger partial charge on any atom is 0.293 e. The standard InChI is InChI=1S/C11H16N4O4S/c1-11(4-5-13-7-11)14-9-3-2-8(20(12,18)19)6-10(9)15(16)17/h2-3,6,13-14H,4-5,7H2,1H3,(H2,12,18,19). The molecule has 0 spiro atoms. The highest BCUT2D eigenvalue weighted by atomic mass is 32.2. The van der Waals surface area contributed by atoms with Crippen LogP contribution in [0.3, 0.4) is 0 Å². The molecule has 4 N–H and O–H groups in total. The molecule has 9 heteroatoms. The van der Waals surface area contributed by atoms with Crippen molar-refractivity contribution in [3.63, 3.8) is 0 Å². The first kappa shape index (κ1) is 14.7. The van der Waals surface area contributed by atoms with Gasteiger partial charge in [-0.2, -0.15) is 0 Å². The highest BCUT2D eigenvalue weighted by Gasteiger charge is 2.31. The summed E-state index contributed by atoms with van der Waals surface area (Å²) in [5.74, 6) is 0. The van der Waals surface area contributed by atoms with Crippen molar-refractivity contribution in [2.75, 3.05) is 18.4 Å². The summed E-state index contributed by atoms with van der Waals surface area (Å²) in [5.41, 5.74) is -0.313. The van der Waals surface area contributed by atoms with Crippen molar-refractivity contribution >= 4 is 21.4 Å². The molecule has 0 radical (unpaired) electrons. The van der Waals surface area contributed by atoms with Crippen molar-refractivity contribution in [1.29, 1.82) is 0 Å². The zero-order valence-electron chi connectivity index (χ0n) is 10.9. The molecule has 1 atom stereocenters. The molecule has 1 heterocycles. The fourth-order valence-corrected chi connectivity index (χ4v) is 2.73. The minimum Gasteiger partial charge on any atom is -0.373 e. The van der Waals surface area contributed by atoms with E-state index in [1.807, 2.05) is 6.92 Å². The fraction of sp³-hybridized carbons (Fsp3) is 0.455. The number of nitro benzene ring substituents is 1. The van der Waals surface area contributed by atoms with E-state index in [1.165, 1.54) is 12.1 Å². The topological polar surface area (TPSA) is 127 Å². The predicted molar refractivity (Wildman–Crippen MR) is 74.0 cm³/mol. The van der Waals surface area contributed by atoms with Crippen molar-refractivity contribution in [3.8, 4) is 0 Å². The molecule has 1 aliphatic rings. The molecule has 1 fully saturated rings. The molecule has 1 aromatic rings. The summed E-state index contributed by atoms with van der Waals surface area (Å²) in [6, 6.07) is 3.61. The fourth-order valence-electron chi connectivity index (χ4n) is 2.19. The lowest BCUT2D eigenvalue weighted by Crippen LogP contribution is -2.37. The minimum atomic E-state index is -3.96. The van der Waals surface area contributed by atoms with E-state index < -0.39 is 14.9 Å². The molecule has 0 amide bonds. The van der Waals surface area contributed by atoms with Crippen LogP contribution in [0.1, 0.15) is 13.3 Å². The van der Waals surface area contributed by atoms with E-state index in [2.05, 4.69) is 10.6 Å². The highest BCUT2D eigenvalue weighted by Crippen LogP contribution is 2.31. The van der Waals surface area contributed by atoms with Gasteiger partial charge in [0.1, 0.15) is 5.69 Å². The summed E-state index contributed by atoms with van der Waals surface area (Å²) in [6.45, 7) is 3.46. The van der Waals surface area contributed by atoms with Crippen LogP contribution in [0.4, 0.5) is 11.4 Å². The number of nitrogens with zero attached hydrogens (tertiary/aromatic N) is 1. The Morgan fingerprint density at radius 3 is 2.70 bits per heavy atom. The van der Waals surface area contributed by atoms with E-state index in [0.29, 0.717) is 6.54 Å². The van der Waals surface area contributed by atoms with Crippen molar-refractivity contribution in [1.82, 2.24) is 5.32 Å². The van der Waals surface area contributed by atoms with E-state index in [1.54, 1.807) is 0 Å². The zero-order chi connectivity index (χ0) is 15.0. The minimum absolute atomic E-state index is 0.274. The van der Waals surface area contributed by atoms with Crippen LogP contribution in [-0.2, 0) is 10.0 Å². The van der Waals surface area contributed by atoms with Gasteiger partial charge in [0, 0.05) is 18.2 Å². The van der Waals surface area contributed by atoms with Crippen molar-refractivity contribution < 1.29 is 13.3 Å². The Morgan fingerprint density at radius 2 is 2.20 bits per heavy atom. The van der Waals surface area contributed by atoms with Crippen molar-refractivity contribution in [2.24, 2.45) is 5.14 Å². The lowest BCUT2D eigenvalue weighted by Gasteiger charge is -2.25. The van der Waals surface area contributed by atoms with E-state index in [0.717, 1.165) is 19.0 Å². The molecule has 2 rings (SSSR count). The normalized spacial score (nSPS) is 22.7. The lowest BCUT2D eigenvalue weighted by molar-refractivity contribution is -0.384. The number of sulfonamides is 1. The highest BCUT2D eigenvalue weighted by molar-refractivity contribution is 7.89. The molecule has 1 saturated heterocycles. The summed E-state index contributed by atoms with van der Waals surface area (Å²) in [7, 11) is -3.96. The zero-order valence-corrected chi connectivity index (χ0v) is 11.7. The van der Waals surface area contributed by atoms with E-state index in [-0.39, 0.29) is 21.8 Å². The first-order valence-electron chi connectivity index (χ1n) is 6.01. The summed E-state index contributed by atoms with van der Waals surface area (Å²) in [4.78, 5) is 10.2. The van der Waals surface area contributed by atoms with E-state index in [4.69, 9.17) is 5.14 Å². The molecule has 8 nitrogen and oxygen atoms in total. The molecular weight excluding hydrogens is 284 g/mol. The van der Waals surface area contributed by atoms with Gasteiger partial charge in [0.25, 0.3) is 5.69 Å². The molecule has 0 aliphatic carbocycles. The molecule has 1 aliphatic heterocycles. The van der Waals surface area contributed by atoms with Crippen molar-refractivity contribution in [3.05, 3.63) is 28.3 Å². The number of rotatable bonds is 4. The van der Waals surface area contributed by atoms with Crippen LogP contribution in [0.5, 0.6) is 0 Å². The Morgan fingerprint density at radius 1 is 1.50 bits per heavy atom. The van der Waals surface area contributed by atoms with Crippen LogP contribution in [0.25, 0.3) is 0 Å². The van der Waals surface area contributed by atoms with Gasteiger partial charge in [-0.3, -0.25) is 10.1 Å². The van der Waals surface area contributed by atoms with Crippen LogP contribution >= 0.6 is 0 Å². The maximum atomic E-state index is 11.3. The summed E-state index contributed by atoms with van der Waals surface area (Å²) in [6.07, 6.45) is 0.821. The average molecular weight is 300 g/mol. The van der Waals surface area contributed by atoms with Crippen LogP contribution in [0, 0.1) is 10.1 Å². The largest absolute Gasteiger partial charge is 0.373 e. The van der Waals surface area contributed by atoms with E-state index in [9.17, 15) is 18.5 Å². The Hall–Kier alpha value is -1.71. The number of hydrogen-bond acceptors (Lipinski definition) is 6. The number of hydrogen-bond donors (Lipinski definition) is 3. The van der Waals surface area contributed by atoms with Gasteiger partial charge in [-0.25, -0.2) is 13.6 Å². The molecule has 110 valence electrons. The molecule has 0 bridgehead atoms. The third kappa shape index (κ3) is 3.06. The van der Waals surface area contributed by atoms with Crippen LogP contribution in [0.15, 0.2) is 23.1 Å². The van der Waals surface area contributed by atoms with Gasteiger partial charge >= 0.3 is 0 Å². The van der Waals surface area contributed by atoms with Crippen LogP contribution in [0.2, 0.25) is 0 Å². The SMILES string of the molecule is CC1(Nc2ccc(S(N)(=O)=O)cc2[N+](=O)[O-])CCNC1. The quantitative estimate of drug-likeness (QED) is 0.545. The molecule has 0 aromatic heterocycles. The smallest absolute Gasteiger partial charge is 0.293 e. The number of primary sulfonamides is 1. The predicted octanol–water partition coefficient (Wildman–Crippen LogP) is 0.406. The second-order valence-corrected chi connectivity index (χ2v) is 6.65. The van der Waals surface area contributed by atoms with Gasteiger partial charge in [-0.05, 0) is 32.0 Å². The maximum absolute atomic E-state index is 11.3. The monoisotopic (exact) mass is 300 g/mol. The second-order valence-electron chi connectivity index (χ2n) is 5.09. The molecule has 0 saturated carbocycles. The van der Waals surface area contributed by atoms with E-state index >= 15 is 0 Å². The van der Waals surface area contributed by atoms with Gasteiger partial charge in [-0.15, -0.1) is 0 Å². The Labute approximate surface area is 116 Å². The first-order chi connectivity index (χ1) is 9.21. The van der Waals surface area contributed by atoms with Crippen LogP contribution in [-0.4, -0.2) is 32.0 Å². The molecule has 1 aromatic carbocycles. The van der Waals surface area contributed by atoms with Gasteiger partial charge in [0.05, 0.1) is 9.82 Å². The number of anilines is 1. The third-order valence-electron chi connectivity index (χ3n) is 3.30. The van der Waals surface area contributed by atoms with Gasteiger partial charge in [0.2, 0.25) is 10.0 Å². The molecule has 20 heavy (non-hydrogen) atoms. The molecule has 1 unspecified atom stereocenters. The Balaban J connectivity index is 2.40. The molecular formula is C11H16N4O4S. The second kappa shape index (κ2) is 5.00. The first-order valence-corrected chi connectivity index (χ1v) is 7.56. The number of nitrogens with one attached hydrogen (secondary N) is 2. The third-order valence-corrected chi connectivity index (χ3v) is 4.21. The van der Waals surface area contributed by atoms with Crippen LogP contribution < -0.4 is 15.8 Å². The lowest BCUT2D eigenvalue weighted by atomic mass is 10.0. The van der Waals surface area contributed by atoms with Crippen molar-refractivity contribution in [2.45, 2.75) is 23.8 Å². The Kier molecular flexibility index (Phi) is 3.67. The number of nitrogens with two attached hydrogens (primary N) is 1.